The fraction of sp³-hybridized carbons (Fsp3) is 0.292. The summed E-state index contributed by atoms with van der Waals surface area (Å²) in [4.78, 5) is 30.4. The summed E-state index contributed by atoms with van der Waals surface area (Å²) in [6, 6.07) is 13.3. The highest BCUT2D eigenvalue weighted by molar-refractivity contribution is 5.77. The van der Waals surface area contributed by atoms with Crippen molar-refractivity contribution in [2.75, 3.05) is 6.61 Å². The lowest BCUT2D eigenvalue weighted by atomic mass is 10.1. The van der Waals surface area contributed by atoms with Crippen LogP contribution in [-0.2, 0) is 17.8 Å². The van der Waals surface area contributed by atoms with Crippen LogP contribution in [0.4, 0.5) is 4.39 Å². The first-order valence-electron chi connectivity index (χ1n) is 10.1. The van der Waals surface area contributed by atoms with Crippen molar-refractivity contribution in [1.29, 1.82) is 0 Å². The first kappa shape index (κ1) is 22.4. The van der Waals surface area contributed by atoms with Crippen LogP contribution in [0.3, 0.4) is 0 Å². The quantitative estimate of drug-likeness (QED) is 0.612. The third-order valence-electron chi connectivity index (χ3n) is 5.17. The molecule has 0 aliphatic heterocycles. The molecule has 6 nitrogen and oxygen atoms in total. The summed E-state index contributed by atoms with van der Waals surface area (Å²) in [5, 5.41) is 12.2. The maximum absolute atomic E-state index is 13.8. The molecule has 2 aromatic carbocycles. The molecule has 0 saturated heterocycles. The molecule has 0 fully saturated rings. The molecule has 0 unspecified atom stereocenters. The SMILES string of the molecule is Cc1ccc([C@@H](C)NC(=O)Cn2c(-c3cccc(F)c3)nc(C)c(CCO)c2=O)cc1. The Morgan fingerprint density at radius 3 is 2.55 bits per heavy atom. The minimum Gasteiger partial charge on any atom is -0.396 e. The molecule has 3 aromatic rings. The number of hydrogen-bond donors (Lipinski definition) is 2. The van der Waals surface area contributed by atoms with Crippen LogP contribution >= 0.6 is 0 Å². The van der Waals surface area contributed by atoms with Gasteiger partial charge >= 0.3 is 0 Å². The van der Waals surface area contributed by atoms with E-state index in [0.717, 1.165) is 11.1 Å². The molecule has 2 N–H and O–H groups in total. The number of amides is 1. The van der Waals surface area contributed by atoms with Gasteiger partial charge in [-0.05, 0) is 38.5 Å². The fourth-order valence-electron chi connectivity index (χ4n) is 3.46. The average molecular weight is 423 g/mol. The third-order valence-corrected chi connectivity index (χ3v) is 5.17. The topological polar surface area (TPSA) is 84.2 Å². The molecule has 1 aromatic heterocycles. The van der Waals surface area contributed by atoms with E-state index >= 15 is 0 Å². The zero-order chi connectivity index (χ0) is 22.5. The number of nitrogens with one attached hydrogen (secondary N) is 1. The Bertz CT molecular complexity index is 1140. The van der Waals surface area contributed by atoms with Crippen LogP contribution in [0.5, 0.6) is 0 Å². The molecule has 7 heteroatoms. The van der Waals surface area contributed by atoms with Crippen molar-refractivity contribution < 1.29 is 14.3 Å². The zero-order valence-electron chi connectivity index (χ0n) is 17.9. The highest BCUT2D eigenvalue weighted by Gasteiger charge is 2.19. The summed E-state index contributed by atoms with van der Waals surface area (Å²) in [6.07, 6.45) is 0.127. The molecule has 31 heavy (non-hydrogen) atoms. The highest BCUT2D eigenvalue weighted by atomic mass is 19.1. The van der Waals surface area contributed by atoms with E-state index in [0.29, 0.717) is 16.8 Å². The number of benzene rings is 2. The van der Waals surface area contributed by atoms with Crippen LogP contribution in [0.1, 0.15) is 35.3 Å². The largest absolute Gasteiger partial charge is 0.396 e. The summed E-state index contributed by atoms with van der Waals surface area (Å²) in [6.45, 7) is 5.03. The van der Waals surface area contributed by atoms with Gasteiger partial charge < -0.3 is 10.4 Å². The van der Waals surface area contributed by atoms with Gasteiger partial charge in [0.1, 0.15) is 18.2 Å². The lowest BCUT2D eigenvalue weighted by molar-refractivity contribution is -0.122. The van der Waals surface area contributed by atoms with E-state index in [9.17, 15) is 19.1 Å². The molecule has 0 aliphatic carbocycles. The molecule has 162 valence electrons. The zero-order valence-corrected chi connectivity index (χ0v) is 17.9. The van der Waals surface area contributed by atoms with Crippen LogP contribution in [0.15, 0.2) is 53.3 Å². The monoisotopic (exact) mass is 423 g/mol. The summed E-state index contributed by atoms with van der Waals surface area (Å²) < 4.78 is 15.0. The number of aryl methyl sites for hydroxylation is 2. The molecular formula is C24H26FN3O3. The number of carbonyl (C=O) groups is 1. The van der Waals surface area contributed by atoms with Gasteiger partial charge in [-0.2, -0.15) is 0 Å². The van der Waals surface area contributed by atoms with Gasteiger partial charge in [-0.25, -0.2) is 9.37 Å². The van der Waals surface area contributed by atoms with Crippen LogP contribution < -0.4 is 10.9 Å². The van der Waals surface area contributed by atoms with Crippen molar-refractivity contribution in [3.8, 4) is 11.4 Å². The number of aliphatic hydroxyl groups excluding tert-OH is 1. The summed E-state index contributed by atoms with van der Waals surface area (Å²) in [5.74, 6) is -0.622. The summed E-state index contributed by atoms with van der Waals surface area (Å²) in [7, 11) is 0. The van der Waals surface area contributed by atoms with E-state index in [1.54, 1.807) is 13.0 Å². The predicted molar refractivity (Wildman–Crippen MR) is 117 cm³/mol. The van der Waals surface area contributed by atoms with Gasteiger partial charge in [0.15, 0.2) is 0 Å². The number of aromatic nitrogens is 2. The molecule has 0 aliphatic rings. The lowest BCUT2D eigenvalue weighted by Crippen LogP contribution is -2.36. The second-order valence-electron chi connectivity index (χ2n) is 7.57. The second kappa shape index (κ2) is 9.66. The summed E-state index contributed by atoms with van der Waals surface area (Å²) >= 11 is 0. The van der Waals surface area contributed by atoms with Crippen molar-refractivity contribution in [1.82, 2.24) is 14.9 Å². The number of hydrogen-bond acceptors (Lipinski definition) is 4. The standard InChI is InChI=1S/C24H26FN3O3/c1-15-7-9-18(10-8-15)16(2)26-22(30)14-28-23(19-5-4-6-20(25)13-19)27-17(3)21(11-12-29)24(28)31/h4-10,13,16,29H,11-12,14H2,1-3H3,(H,26,30)/t16-/m1/s1. The minimum atomic E-state index is -0.465. The minimum absolute atomic E-state index is 0.127. The van der Waals surface area contributed by atoms with E-state index in [4.69, 9.17) is 0 Å². The first-order valence-corrected chi connectivity index (χ1v) is 10.1. The van der Waals surface area contributed by atoms with E-state index < -0.39 is 11.4 Å². The Balaban J connectivity index is 1.96. The van der Waals surface area contributed by atoms with Gasteiger partial charge in [-0.3, -0.25) is 14.2 Å². The summed E-state index contributed by atoms with van der Waals surface area (Å²) in [5.41, 5.74) is 2.83. The van der Waals surface area contributed by atoms with Crippen LogP contribution in [-0.4, -0.2) is 27.2 Å². The van der Waals surface area contributed by atoms with Crippen molar-refractivity contribution in [3.63, 3.8) is 0 Å². The molecule has 1 amide bonds. The predicted octanol–water partition coefficient (Wildman–Crippen LogP) is 3.08. The maximum Gasteiger partial charge on any atom is 0.257 e. The number of nitrogens with zero attached hydrogens (tertiary/aromatic N) is 2. The van der Waals surface area contributed by atoms with Crippen molar-refractivity contribution in [2.24, 2.45) is 0 Å². The Hall–Kier alpha value is -3.32. The molecule has 0 spiro atoms. The van der Waals surface area contributed by atoms with Gasteiger partial charge in [0.2, 0.25) is 5.91 Å². The van der Waals surface area contributed by atoms with Crippen LogP contribution in [0.2, 0.25) is 0 Å². The fourth-order valence-corrected chi connectivity index (χ4v) is 3.46. The first-order chi connectivity index (χ1) is 14.8. The molecule has 0 radical (unpaired) electrons. The van der Waals surface area contributed by atoms with Crippen LogP contribution in [0.25, 0.3) is 11.4 Å². The molecule has 0 bridgehead atoms. The van der Waals surface area contributed by atoms with Crippen molar-refractivity contribution in [2.45, 2.75) is 39.8 Å². The second-order valence-corrected chi connectivity index (χ2v) is 7.57. The van der Waals surface area contributed by atoms with Gasteiger partial charge in [0.05, 0.1) is 6.04 Å². The molecule has 3 rings (SSSR count). The van der Waals surface area contributed by atoms with Gasteiger partial charge in [-0.1, -0.05) is 42.0 Å². The Morgan fingerprint density at radius 1 is 1.19 bits per heavy atom. The van der Waals surface area contributed by atoms with Gasteiger partial charge in [0, 0.05) is 29.8 Å². The van der Waals surface area contributed by atoms with E-state index in [2.05, 4.69) is 10.3 Å². The Morgan fingerprint density at radius 2 is 1.90 bits per heavy atom. The average Bonchev–Trinajstić information content (AvgIpc) is 2.73. The number of halogens is 1. The smallest absolute Gasteiger partial charge is 0.257 e. The number of aliphatic hydroxyl groups is 1. The normalized spacial score (nSPS) is 11.9. The van der Waals surface area contributed by atoms with E-state index in [-0.39, 0.29) is 37.3 Å². The maximum atomic E-state index is 13.8. The number of carbonyl (C=O) groups excluding carboxylic acids is 1. The lowest BCUT2D eigenvalue weighted by Gasteiger charge is -2.18. The molecule has 1 atom stereocenters. The molecule has 1 heterocycles. The van der Waals surface area contributed by atoms with Gasteiger partial charge in [0.25, 0.3) is 5.56 Å². The number of rotatable bonds is 7. The van der Waals surface area contributed by atoms with Gasteiger partial charge in [-0.15, -0.1) is 0 Å². The molecular weight excluding hydrogens is 397 g/mol. The van der Waals surface area contributed by atoms with E-state index in [1.165, 1.54) is 22.8 Å². The van der Waals surface area contributed by atoms with Crippen molar-refractivity contribution in [3.05, 3.63) is 87.1 Å². The third kappa shape index (κ3) is 5.24. The van der Waals surface area contributed by atoms with Crippen LogP contribution in [0, 0.1) is 19.7 Å². The van der Waals surface area contributed by atoms with Crippen molar-refractivity contribution >= 4 is 5.91 Å². The van der Waals surface area contributed by atoms with E-state index in [1.807, 2.05) is 38.1 Å². The Labute approximate surface area is 180 Å². The highest BCUT2D eigenvalue weighted by Crippen LogP contribution is 2.19. The Kier molecular flexibility index (Phi) is 6.97. The molecule has 0 saturated carbocycles.